The van der Waals surface area contributed by atoms with Crippen LogP contribution in [0.4, 0.5) is 0 Å². The lowest BCUT2D eigenvalue weighted by molar-refractivity contribution is 0.0702. The summed E-state index contributed by atoms with van der Waals surface area (Å²) in [5.74, 6) is -0.456. The van der Waals surface area contributed by atoms with E-state index in [1.807, 2.05) is 6.92 Å². The molecule has 0 radical (unpaired) electrons. The van der Waals surface area contributed by atoms with Gasteiger partial charge in [-0.05, 0) is 30.9 Å². The molecule has 19 heavy (non-hydrogen) atoms. The number of thiophene rings is 1. The fourth-order valence-corrected chi connectivity index (χ4v) is 4.40. The Labute approximate surface area is 116 Å². The highest BCUT2D eigenvalue weighted by Gasteiger charge is 2.28. The molecule has 0 spiro atoms. The molecule has 1 fully saturated rings. The highest BCUT2D eigenvalue weighted by atomic mass is 32.2. The Hall–Kier alpha value is -0.920. The van der Waals surface area contributed by atoms with E-state index in [1.54, 1.807) is 0 Å². The van der Waals surface area contributed by atoms with Gasteiger partial charge in [-0.25, -0.2) is 17.9 Å². The maximum Gasteiger partial charge on any atom is 0.345 e. The van der Waals surface area contributed by atoms with E-state index in [9.17, 15) is 13.2 Å². The molecule has 0 amide bonds. The molecule has 1 aromatic heterocycles. The molecule has 1 heterocycles. The Morgan fingerprint density at radius 2 is 2.21 bits per heavy atom. The second kappa shape index (κ2) is 5.60. The number of hydrogen-bond donors (Lipinski definition) is 2. The third kappa shape index (κ3) is 3.77. The minimum absolute atomic E-state index is 0.0376. The second-order valence-electron chi connectivity index (χ2n) is 4.83. The van der Waals surface area contributed by atoms with Gasteiger partial charge in [-0.3, -0.25) is 0 Å². The van der Waals surface area contributed by atoms with Gasteiger partial charge >= 0.3 is 5.97 Å². The number of aromatic carboxylic acids is 1. The molecule has 7 heteroatoms. The topological polar surface area (TPSA) is 83.5 Å². The van der Waals surface area contributed by atoms with Gasteiger partial charge in [0.1, 0.15) is 9.09 Å². The van der Waals surface area contributed by atoms with Crippen molar-refractivity contribution in [1.82, 2.24) is 4.72 Å². The van der Waals surface area contributed by atoms with E-state index in [-0.39, 0.29) is 15.1 Å². The number of sulfonamides is 1. The first-order valence-electron chi connectivity index (χ1n) is 6.28. The van der Waals surface area contributed by atoms with Crippen molar-refractivity contribution in [1.29, 1.82) is 0 Å². The minimum atomic E-state index is -3.60. The van der Waals surface area contributed by atoms with E-state index in [0.29, 0.717) is 5.92 Å². The predicted octanol–water partition coefficient (Wildman–Crippen LogP) is 2.30. The van der Waals surface area contributed by atoms with Crippen LogP contribution in [0.2, 0.25) is 0 Å². The summed E-state index contributed by atoms with van der Waals surface area (Å²) in [7, 11) is -3.60. The number of carbonyl (C=O) groups is 1. The van der Waals surface area contributed by atoms with E-state index in [2.05, 4.69) is 4.72 Å². The first kappa shape index (κ1) is 14.5. The normalized spacial score (nSPS) is 17.3. The van der Waals surface area contributed by atoms with Gasteiger partial charge < -0.3 is 5.11 Å². The van der Waals surface area contributed by atoms with Gasteiger partial charge in [0, 0.05) is 6.04 Å². The first-order valence-corrected chi connectivity index (χ1v) is 8.57. The summed E-state index contributed by atoms with van der Waals surface area (Å²) in [6.07, 6.45) is 3.97. The van der Waals surface area contributed by atoms with E-state index in [0.717, 1.165) is 24.2 Å². The predicted molar refractivity (Wildman–Crippen MR) is 73.0 cm³/mol. The molecule has 0 saturated heterocycles. The zero-order valence-electron chi connectivity index (χ0n) is 10.6. The molecule has 1 saturated carbocycles. The zero-order chi connectivity index (χ0) is 14.0. The number of hydrogen-bond acceptors (Lipinski definition) is 4. The molecule has 106 valence electrons. The first-order chi connectivity index (χ1) is 8.92. The van der Waals surface area contributed by atoms with Crippen molar-refractivity contribution in [2.24, 2.45) is 5.92 Å². The van der Waals surface area contributed by atoms with Gasteiger partial charge in [0.25, 0.3) is 0 Å². The van der Waals surface area contributed by atoms with Gasteiger partial charge in [0.15, 0.2) is 0 Å². The van der Waals surface area contributed by atoms with Crippen molar-refractivity contribution in [2.75, 3.05) is 0 Å². The Bertz CT molecular complexity index is 560. The van der Waals surface area contributed by atoms with E-state index in [1.165, 1.54) is 25.0 Å². The maximum atomic E-state index is 12.1. The quantitative estimate of drug-likeness (QED) is 0.809. The summed E-state index contributed by atoms with van der Waals surface area (Å²) in [5, 5.41) is 8.81. The highest BCUT2D eigenvalue weighted by Crippen LogP contribution is 2.34. The highest BCUT2D eigenvalue weighted by molar-refractivity contribution is 7.91. The Kier molecular flexibility index (Phi) is 4.27. The molecule has 1 aliphatic rings. The summed E-state index contributed by atoms with van der Waals surface area (Å²) in [6.45, 7) is 1.95. The van der Waals surface area contributed by atoms with Crippen LogP contribution in [0.3, 0.4) is 0 Å². The van der Waals surface area contributed by atoms with E-state index in [4.69, 9.17) is 5.11 Å². The fourth-order valence-electron chi connectivity index (χ4n) is 1.91. The third-order valence-electron chi connectivity index (χ3n) is 3.19. The van der Waals surface area contributed by atoms with E-state index < -0.39 is 16.0 Å². The molecule has 2 rings (SSSR count). The molecule has 0 bridgehead atoms. The summed E-state index contributed by atoms with van der Waals surface area (Å²) in [5.41, 5.74) is 0. The SMILES string of the molecule is CCC(CC1CC1)NS(=O)(=O)c1ccc(C(=O)O)s1. The van der Waals surface area contributed by atoms with Gasteiger partial charge in [-0.2, -0.15) is 0 Å². The number of carboxylic acid groups (broad SMARTS) is 1. The third-order valence-corrected chi connectivity index (χ3v) is 6.27. The van der Waals surface area contributed by atoms with Crippen LogP contribution in [0, 0.1) is 5.92 Å². The van der Waals surface area contributed by atoms with Crippen molar-refractivity contribution >= 4 is 27.3 Å². The van der Waals surface area contributed by atoms with Crippen molar-refractivity contribution in [2.45, 2.75) is 42.9 Å². The van der Waals surface area contributed by atoms with Gasteiger partial charge in [0.2, 0.25) is 10.0 Å². The molecule has 1 atom stereocenters. The Balaban J connectivity index is 2.08. The van der Waals surface area contributed by atoms with Crippen molar-refractivity contribution in [3.05, 3.63) is 17.0 Å². The number of rotatable bonds is 7. The molecule has 0 aromatic carbocycles. The zero-order valence-corrected chi connectivity index (χ0v) is 12.3. The van der Waals surface area contributed by atoms with Crippen LogP contribution in [0.15, 0.2) is 16.3 Å². The molecule has 1 aromatic rings. The van der Waals surface area contributed by atoms with Crippen LogP contribution in [-0.4, -0.2) is 25.5 Å². The molecule has 1 unspecified atom stereocenters. The molecule has 0 aliphatic heterocycles. The Morgan fingerprint density at radius 1 is 1.53 bits per heavy atom. The molecule has 2 N–H and O–H groups in total. The van der Waals surface area contributed by atoms with Gasteiger partial charge in [-0.15, -0.1) is 11.3 Å². The summed E-state index contributed by atoms with van der Waals surface area (Å²) < 4.78 is 27.0. The second-order valence-corrected chi connectivity index (χ2v) is 7.85. The molecular formula is C12H17NO4S2. The largest absolute Gasteiger partial charge is 0.477 e. The van der Waals surface area contributed by atoms with E-state index >= 15 is 0 Å². The van der Waals surface area contributed by atoms with Crippen LogP contribution in [-0.2, 0) is 10.0 Å². The average molecular weight is 303 g/mol. The molecule has 1 aliphatic carbocycles. The van der Waals surface area contributed by atoms with Crippen molar-refractivity contribution < 1.29 is 18.3 Å². The standard InChI is InChI=1S/C12H17NO4S2/c1-2-9(7-8-3-4-8)13-19(16,17)11-6-5-10(18-11)12(14)15/h5-6,8-9,13H,2-4,7H2,1H3,(H,14,15). The average Bonchev–Trinajstić information content (AvgIpc) is 2.99. The van der Waals surface area contributed by atoms with Crippen LogP contribution >= 0.6 is 11.3 Å². The van der Waals surface area contributed by atoms with Crippen LogP contribution in [0.25, 0.3) is 0 Å². The summed E-state index contributed by atoms with van der Waals surface area (Å²) in [6, 6.07) is 2.61. The van der Waals surface area contributed by atoms with Crippen LogP contribution in [0.5, 0.6) is 0 Å². The van der Waals surface area contributed by atoms with Crippen LogP contribution in [0.1, 0.15) is 42.3 Å². The smallest absolute Gasteiger partial charge is 0.345 e. The number of carboxylic acids is 1. The van der Waals surface area contributed by atoms with Gasteiger partial charge in [-0.1, -0.05) is 19.8 Å². The van der Waals surface area contributed by atoms with Gasteiger partial charge in [0.05, 0.1) is 0 Å². The minimum Gasteiger partial charge on any atom is -0.477 e. The molecule has 5 nitrogen and oxygen atoms in total. The lowest BCUT2D eigenvalue weighted by Gasteiger charge is -2.15. The number of nitrogens with one attached hydrogen (secondary N) is 1. The monoisotopic (exact) mass is 303 g/mol. The molecular weight excluding hydrogens is 286 g/mol. The lowest BCUT2D eigenvalue weighted by atomic mass is 10.1. The Morgan fingerprint density at radius 3 is 2.68 bits per heavy atom. The summed E-state index contributed by atoms with van der Waals surface area (Å²) in [4.78, 5) is 10.8. The van der Waals surface area contributed by atoms with Crippen molar-refractivity contribution in [3.63, 3.8) is 0 Å². The van der Waals surface area contributed by atoms with Crippen molar-refractivity contribution in [3.8, 4) is 0 Å². The fraction of sp³-hybridized carbons (Fsp3) is 0.583. The summed E-state index contributed by atoms with van der Waals surface area (Å²) >= 11 is 0.785. The van der Waals surface area contributed by atoms with Crippen LogP contribution < -0.4 is 4.72 Å². The lowest BCUT2D eigenvalue weighted by Crippen LogP contribution is -2.34. The maximum absolute atomic E-state index is 12.1.